The molecule has 3 heterocycles. The van der Waals surface area contributed by atoms with Gasteiger partial charge in [-0.05, 0) is 44.2 Å². The van der Waals surface area contributed by atoms with Gasteiger partial charge in [-0.3, -0.25) is 4.79 Å². The number of nitrogens with zero attached hydrogens (tertiary/aromatic N) is 4. The second kappa shape index (κ2) is 6.88. The van der Waals surface area contributed by atoms with Crippen LogP contribution in [0, 0.1) is 22.7 Å². The zero-order valence-electron chi connectivity index (χ0n) is 15.2. The van der Waals surface area contributed by atoms with E-state index in [9.17, 15) is 10.1 Å². The van der Waals surface area contributed by atoms with E-state index in [0.717, 1.165) is 18.5 Å². The standard InChI is InChI=1S/C20H21N5O2/c1-2-27-18-5-3-4-16(24-18)23-17-12-15(8-10-22-17)25-11-9-20(13-21,19(25)26)14-6-7-14/h3-5,8,10,12,14H,2,6-7,9,11H2,1H3,(H,22,23,24)/t20-/m1/s1. The van der Waals surface area contributed by atoms with Crippen LogP contribution in [0.25, 0.3) is 0 Å². The van der Waals surface area contributed by atoms with Crippen molar-refractivity contribution in [2.75, 3.05) is 23.4 Å². The third kappa shape index (κ3) is 3.19. The van der Waals surface area contributed by atoms with Crippen molar-refractivity contribution in [3.8, 4) is 11.9 Å². The Labute approximate surface area is 158 Å². The van der Waals surface area contributed by atoms with Crippen molar-refractivity contribution in [3.63, 3.8) is 0 Å². The third-order valence-corrected chi connectivity index (χ3v) is 5.16. The van der Waals surface area contributed by atoms with Gasteiger partial charge in [0, 0.05) is 30.6 Å². The van der Waals surface area contributed by atoms with Crippen LogP contribution in [0.5, 0.6) is 5.88 Å². The molecule has 138 valence electrons. The molecule has 2 aromatic rings. The lowest BCUT2D eigenvalue weighted by Gasteiger charge is -2.21. The van der Waals surface area contributed by atoms with Gasteiger partial charge in [0.05, 0.1) is 12.7 Å². The Kier molecular flexibility index (Phi) is 4.40. The fraction of sp³-hybridized carbons (Fsp3) is 0.400. The van der Waals surface area contributed by atoms with Crippen molar-refractivity contribution < 1.29 is 9.53 Å². The maximum absolute atomic E-state index is 13.0. The number of amides is 1. The molecule has 2 aromatic heterocycles. The quantitative estimate of drug-likeness (QED) is 0.847. The maximum Gasteiger partial charge on any atom is 0.247 e. The van der Waals surface area contributed by atoms with Gasteiger partial charge < -0.3 is 15.0 Å². The van der Waals surface area contributed by atoms with Gasteiger partial charge in [0.25, 0.3) is 0 Å². The first-order chi connectivity index (χ1) is 13.2. The van der Waals surface area contributed by atoms with E-state index in [1.807, 2.05) is 25.1 Å². The Bertz CT molecular complexity index is 905. The Morgan fingerprint density at radius 1 is 1.37 bits per heavy atom. The highest BCUT2D eigenvalue weighted by Crippen LogP contribution is 2.51. The van der Waals surface area contributed by atoms with Gasteiger partial charge in [-0.2, -0.15) is 10.2 Å². The summed E-state index contributed by atoms with van der Waals surface area (Å²) in [4.78, 5) is 23.4. The minimum absolute atomic E-state index is 0.0823. The van der Waals surface area contributed by atoms with Crippen molar-refractivity contribution in [3.05, 3.63) is 36.5 Å². The topological polar surface area (TPSA) is 91.1 Å². The summed E-state index contributed by atoms with van der Waals surface area (Å²) in [7, 11) is 0. The Hall–Kier alpha value is -3.14. The Morgan fingerprint density at radius 2 is 2.22 bits per heavy atom. The average Bonchev–Trinajstić information content (AvgIpc) is 3.47. The number of aromatic nitrogens is 2. The van der Waals surface area contributed by atoms with E-state index in [1.165, 1.54) is 0 Å². The molecule has 0 bridgehead atoms. The molecule has 0 spiro atoms. The summed E-state index contributed by atoms with van der Waals surface area (Å²) in [5, 5.41) is 12.8. The molecule has 0 radical (unpaired) electrons. The molecule has 1 saturated carbocycles. The van der Waals surface area contributed by atoms with E-state index in [0.29, 0.717) is 37.1 Å². The van der Waals surface area contributed by atoms with Crippen LogP contribution in [0.1, 0.15) is 26.2 Å². The van der Waals surface area contributed by atoms with Crippen LogP contribution in [-0.4, -0.2) is 29.0 Å². The van der Waals surface area contributed by atoms with Crippen LogP contribution in [0.4, 0.5) is 17.3 Å². The predicted molar refractivity (Wildman–Crippen MR) is 101 cm³/mol. The van der Waals surface area contributed by atoms with Crippen molar-refractivity contribution >= 4 is 23.2 Å². The number of hydrogen-bond acceptors (Lipinski definition) is 6. The fourth-order valence-corrected chi connectivity index (χ4v) is 3.63. The van der Waals surface area contributed by atoms with E-state index in [2.05, 4.69) is 21.4 Å². The summed E-state index contributed by atoms with van der Waals surface area (Å²) in [6, 6.07) is 11.4. The summed E-state index contributed by atoms with van der Waals surface area (Å²) in [6.45, 7) is 3.01. The number of anilines is 3. The van der Waals surface area contributed by atoms with Gasteiger partial charge in [-0.25, -0.2) is 4.98 Å². The molecule has 0 unspecified atom stereocenters. The molecule has 1 amide bonds. The Balaban J connectivity index is 1.54. The largest absolute Gasteiger partial charge is 0.478 e. The van der Waals surface area contributed by atoms with Gasteiger partial charge in [-0.15, -0.1) is 0 Å². The normalized spacial score (nSPS) is 21.8. The van der Waals surface area contributed by atoms with Crippen LogP contribution in [0.3, 0.4) is 0 Å². The molecular formula is C20H21N5O2. The van der Waals surface area contributed by atoms with E-state index >= 15 is 0 Å². The summed E-state index contributed by atoms with van der Waals surface area (Å²) >= 11 is 0. The summed E-state index contributed by atoms with van der Waals surface area (Å²) in [6.07, 6.45) is 4.19. The number of rotatable bonds is 6. The molecule has 1 atom stereocenters. The van der Waals surface area contributed by atoms with Crippen molar-refractivity contribution in [2.45, 2.75) is 26.2 Å². The van der Waals surface area contributed by atoms with Gasteiger partial charge in [0.1, 0.15) is 17.1 Å². The van der Waals surface area contributed by atoms with Crippen LogP contribution in [0.15, 0.2) is 36.5 Å². The first-order valence-electron chi connectivity index (χ1n) is 9.22. The first-order valence-corrected chi connectivity index (χ1v) is 9.22. The second-order valence-corrected chi connectivity index (χ2v) is 6.88. The zero-order valence-corrected chi connectivity index (χ0v) is 15.2. The van der Waals surface area contributed by atoms with E-state index in [-0.39, 0.29) is 11.8 Å². The highest BCUT2D eigenvalue weighted by atomic mass is 16.5. The van der Waals surface area contributed by atoms with Gasteiger partial charge in [0.2, 0.25) is 11.8 Å². The molecule has 2 fully saturated rings. The molecule has 7 nitrogen and oxygen atoms in total. The van der Waals surface area contributed by atoms with E-state index in [1.54, 1.807) is 23.2 Å². The monoisotopic (exact) mass is 363 g/mol. The average molecular weight is 363 g/mol. The van der Waals surface area contributed by atoms with Crippen LogP contribution in [0.2, 0.25) is 0 Å². The minimum Gasteiger partial charge on any atom is -0.478 e. The highest BCUT2D eigenvalue weighted by Gasteiger charge is 2.56. The number of hydrogen-bond donors (Lipinski definition) is 1. The smallest absolute Gasteiger partial charge is 0.247 e. The van der Waals surface area contributed by atoms with Crippen molar-refractivity contribution in [1.82, 2.24) is 9.97 Å². The summed E-state index contributed by atoms with van der Waals surface area (Å²) < 4.78 is 5.41. The van der Waals surface area contributed by atoms with Crippen LogP contribution < -0.4 is 15.0 Å². The number of pyridine rings is 2. The molecular weight excluding hydrogens is 342 g/mol. The number of nitriles is 1. The number of carbonyl (C=O) groups excluding carboxylic acids is 1. The summed E-state index contributed by atoms with van der Waals surface area (Å²) in [5.41, 5.74) is -0.0965. The number of nitrogens with one attached hydrogen (secondary N) is 1. The molecule has 2 aliphatic rings. The number of carbonyl (C=O) groups is 1. The molecule has 1 aliphatic carbocycles. The first kappa shape index (κ1) is 17.3. The second-order valence-electron chi connectivity index (χ2n) is 6.88. The zero-order chi connectivity index (χ0) is 18.9. The molecule has 1 aliphatic heterocycles. The summed E-state index contributed by atoms with van der Waals surface area (Å²) in [5.74, 6) is 1.87. The molecule has 4 rings (SSSR count). The Morgan fingerprint density at radius 3 is 2.96 bits per heavy atom. The van der Waals surface area contributed by atoms with Crippen LogP contribution in [-0.2, 0) is 4.79 Å². The predicted octanol–water partition coefficient (Wildman–Crippen LogP) is 3.28. The van der Waals surface area contributed by atoms with Gasteiger partial charge in [0.15, 0.2) is 0 Å². The van der Waals surface area contributed by atoms with Crippen molar-refractivity contribution in [2.24, 2.45) is 11.3 Å². The maximum atomic E-state index is 13.0. The lowest BCUT2D eigenvalue weighted by molar-refractivity contribution is -0.123. The number of ether oxygens (including phenoxy) is 1. The fourth-order valence-electron chi connectivity index (χ4n) is 3.63. The lowest BCUT2D eigenvalue weighted by Crippen LogP contribution is -2.35. The van der Waals surface area contributed by atoms with Crippen molar-refractivity contribution in [1.29, 1.82) is 5.26 Å². The lowest BCUT2D eigenvalue weighted by atomic mass is 9.83. The highest BCUT2D eigenvalue weighted by molar-refractivity contribution is 6.02. The molecule has 1 N–H and O–H groups in total. The third-order valence-electron chi connectivity index (χ3n) is 5.16. The van der Waals surface area contributed by atoms with Gasteiger partial charge in [-0.1, -0.05) is 6.07 Å². The molecule has 7 heteroatoms. The van der Waals surface area contributed by atoms with E-state index in [4.69, 9.17) is 4.74 Å². The van der Waals surface area contributed by atoms with E-state index < -0.39 is 5.41 Å². The molecule has 27 heavy (non-hydrogen) atoms. The van der Waals surface area contributed by atoms with Gasteiger partial charge >= 0.3 is 0 Å². The van der Waals surface area contributed by atoms with Crippen LogP contribution >= 0.6 is 0 Å². The SMILES string of the molecule is CCOc1cccc(Nc2cc(N3CC[C@@](C#N)(C4CC4)C3=O)ccn2)n1. The minimum atomic E-state index is -0.843. The molecule has 1 saturated heterocycles. The molecule has 0 aromatic carbocycles.